The van der Waals surface area contributed by atoms with Crippen LogP contribution in [0.15, 0.2) is 101 Å². The average Bonchev–Trinajstić information content (AvgIpc) is 3.46. The van der Waals surface area contributed by atoms with Crippen molar-refractivity contribution in [2.24, 2.45) is 16.5 Å². The molecule has 3 aromatic carbocycles. The molecule has 1 aliphatic heterocycles. The molecule has 0 bridgehead atoms. The van der Waals surface area contributed by atoms with Gasteiger partial charge in [0.1, 0.15) is 12.6 Å². The Morgan fingerprint density at radius 3 is 2.28 bits per heavy atom. The zero-order chi connectivity index (χ0) is 38.3. The summed E-state index contributed by atoms with van der Waals surface area (Å²) in [5, 5.41) is 18.8. The summed E-state index contributed by atoms with van der Waals surface area (Å²) in [6.07, 6.45) is 0.650. The number of fused-ring (bicyclic) bond motifs is 1. The number of hydrogen-bond acceptors (Lipinski definition) is 8. The number of amides is 3. The first-order chi connectivity index (χ1) is 25.2. The SMILES string of the molecule is CC(C)CN(C[C@@H](O)[C@H](Cc1ccccc1)NC(=O)[C@@H](N1CCN(Cc2ccnc3ccccc23)C1=O)C(C)(C)C)S(=O)(=O)c1ccc(CN=O)cc1. The Hall–Kier alpha value is -4.72. The van der Waals surface area contributed by atoms with E-state index in [0.717, 1.165) is 22.0 Å². The van der Waals surface area contributed by atoms with Gasteiger partial charge in [-0.3, -0.25) is 9.78 Å². The zero-order valence-electron chi connectivity index (χ0n) is 31.1. The van der Waals surface area contributed by atoms with Gasteiger partial charge in [0.2, 0.25) is 15.9 Å². The monoisotopic (exact) mass is 742 g/mol. The molecule has 0 spiro atoms. The van der Waals surface area contributed by atoms with Gasteiger partial charge in [0.15, 0.2) is 0 Å². The maximum atomic E-state index is 14.4. The summed E-state index contributed by atoms with van der Waals surface area (Å²) in [5.41, 5.74) is 2.55. The predicted molar refractivity (Wildman–Crippen MR) is 205 cm³/mol. The molecule has 3 atom stereocenters. The summed E-state index contributed by atoms with van der Waals surface area (Å²) in [7, 11) is -4.07. The molecule has 53 heavy (non-hydrogen) atoms. The molecule has 1 saturated heterocycles. The lowest BCUT2D eigenvalue weighted by atomic mass is 9.84. The molecule has 3 amide bonds. The van der Waals surface area contributed by atoms with Crippen LogP contribution in [0.25, 0.3) is 10.9 Å². The average molecular weight is 743 g/mol. The fourth-order valence-electron chi connectivity index (χ4n) is 6.91. The Labute approximate surface area is 312 Å². The van der Waals surface area contributed by atoms with Crippen LogP contribution in [-0.4, -0.2) is 88.9 Å². The molecule has 282 valence electrons. The fraction of sp³-hybridized carbons (Fsp3) is 0.425. The van der Waals surface area contributed by atoms with Crippen molar-refractivity contribution in [1.29, 1.82) is 0 Å². The maximum absolute atomic E-state index is 14.4. The van der Waals surface area contributed by atoms with Crippen LogP contribution in [0.2, 0.25) is 0 Å². The summed E-state index contributed by atoms with van der Waals surface area (Å²) in [6.45, 7) is 10.4. The van der Waals surface area contributed by atoms with Crippen molar-refractivity contribution in [2.75, 3.05) is 26.2 Å². The molecule has 0 radical (unpaired) electrons. The molecular weight excluding hydrogens is 693 g/mol. The van der Waals surface area contributed by atoms with Crippen molar-refractivity contribution in [3.05, 3.63) is 113 Å². The topological polar surface area (TPSA) is 153 Å². The minimum Gasteiger partial charge on any atom is -0.390 e. The van der Waals surface area contributed by atoms with Crippen LogP contribution in [-0.2, 0) is 34.3 Å². The van der Waals surface area contributed by atoms with Gasteiger partial charge < -0.3 is 20.2 Å². The van der Waals surface area contributed by atoms with E-state index in [4.69, 9.17) is 0 Å². The maximum Gasteiger partial charge on any atom is 0.321 e. The summed E-state index contributed by atoms with van der Waals surface area (Å²) >= 11 is 0. The number of benzene rings is 3. The molecule has 5 rings (SSSR count). The Kier molecular flexibility index (Phi) is 12.6. The highest BCUT2D eigenvalue weighted by Crippen LogP contribution is 2.30. The minimum absolute atomic E-state index is 0.0216. The number of carbonyl (C=O) groups is 2. The normalized spacial score (nSPS) is 15.6. The van der Waals surface area contributed by atoms with Gasteiger partial charge in [-0.25, -0.2) is 13.2 Å². The third kappa shape index (κ3) is 9.64. The van der Waals surface area contributed by atoms with E-state index in [1.54, 1.807) is 28.1 Å². The van der Waals surface area contributed by atoms with Crippen molar-refractivity contribution in [3.63, 3.8) is 0 Å². The van der Waals surface area contributed by atoms with Crippen molar-refractivity contribution in [1.82, 2.24) is 24.4 Å². The standard InChI is InChI=1S/C40H50N6O6S/c1-28(2)25-45(53(51,52)32-17-15-30(16-18-32)24-42-50)27-36(47)35(23-29-11-7-6-8-12-29)43-38(48)37(40(3,4)5)46-22-21-44(39(46)49)26-31-19-20-41-34-14-10-9-13-33(31)34/h6-20,28,35-37,47H,21-27H2,1-5H3,(H,43,48)/t35-,36+,37+/m0/s1. The number of para-hydroxylation sites is 1. The van der Waals surface area contributed by atoms with Gasteiger partial charge in [0, 0.05) is 44.3 Å². The third-order valence-electron chi connectivity index (χ3n) is 9.47. The smallest absolute Gasteiger partial charge is 0.321 e. The molecule has 2 N–H and O–H groups in total. The Morgan fingerprint density at radius 1 is 0.943 bits per heavy atom. The number of nitrogens with one attached hydrogen (secondary N) is 1. The number of aromatic nitrogens is 1. The van der Waals surface area contributed by atoms with E-state index in [-0.39, 0.29) is 42.9 Å². The van der Waals surface area contributed by atoms with Gasteiger partial charge in [-0.2, -0.15) is 9.21 Å². The van der Waals surface area contributed by atoms with Crippen molar-refractivity contribution < 1.29 is 23.1 Å². The minimum atomic E-state index is -4.07. The number of nitroso groups, excluding NO2 is 1. The number of carbonyl (C=O) groups excluding carboxylic acids is 2. The Morgan fingerprint density at radius 2 is 1.62 bits per heavy atom. The first-order valence-electron chi connectivity index (χ1n) is 18.0. The molecular formula is C40H50N6O6S. The van der Waals surface area contributed by atoms with E-state index in [0.29, 0.717) is 25.2 Å². The molecule has 0 unspecified atom stereocenters. The van der Waals surface area contributed by atoms with Crippen LogP contribution in [0.1, 0.15) is 51.3 Å². The zero-order valence-corrected chi connectivity index (χ0v) is 31.9. The lowest BCUT2D eigenvalue weighted by Gasteiger charge is -2.38. The number of rotatable bonds is 16. The van der Waals surface area contributed by atoms with Gasteiger partial charge in [-0.05, 0) is 58.7 Å². The van der Waals surface area contributed by atoms with E-state index < -0.39 is 39.5 Å². The summed E-state index contributed by atoms with van der Waals surface area (Å²) in [4.78, 5) is 47.0. The van der Waals surface area contributed by atoms with Crippen LogP contribution >= 0.6 is 0 Å². The second kappa shape index (κ2) is 17.0. The molecule has 4 aromatic rings. The van der Waals surface area contributed by atoms with Crippen molar-refractivity contribution in [3.8, 4) is 0 Å². The van der Waals surface area contributed by atoms with E-state index in [1.807, 2.05) is 95.3 Å². The van der Waals surface area contributed by atoms with Crippen LogP contribution in [0, 0.1) is 16.2 Å². The van der Waals surface area contributed by atoms with Crippen LogP contribution < -0.4 is 5.32 Å². The van der Waals surface area contributed by atoms with E-state index in [9.17, 15) is 28.0 Å². The Bertz CT molecular complexity index is 1980. The first-order valence-corrected chi connectivity index (χ1v) is 19.4. The quantitative estimate of drug-likeness (QED) is 0.142. The van der Waals surface area contributed by atoms with Crippen LogP contribution in [0.5, 0.6) is 0 Å². The second-order valence-electron chi connectivity index (χ2n) is 15.2. The predicted octanol–water partition coefficient (Wildman–Crippen LogP) is 5.59. The number of pyridine rings is 1. The van der Waals surface area contributed by atoms with Crippen LogP contribution in [0.3, 0.4) is 0 Å². The number of sulfonamides is 1. The molecule has 2 heterocycles. The van der Waals surface area contributed by atoms with Gasteiger partial charge in [0.25, 0.3) is 0 Å². The summed E-state index contributed by atoms with van der Waals surface area (Å²) in [5.74, 6) is -0.503. The molecule has 0 aliphatic carbocycles. The van der Waals surface area contributed by atoms with Gasteiger partial charge in [-0.1, -0.05) is 100 Å². The highest BCUT2D eigenvalue weighted by Gasteiger charge is 2.44. The first kappa shape index (κ1) is 39.5. The van der Waals surface area contributed by atoms with E-state index in [2.05, 4.69) is 15.5 Å². The number of aliphatic hydroxyl groups excluding tert-OH is 1. The summed E-state index contributed by atoms with van der Waals surface area (Å²) < 4.78 is 29.1. The highest BCUT2D eigenvalue weighted by molar-refractivity contribution is 7.89. The molecule has 12 nitrogen and oxygen atoms in total. The number of nitrogens with zero attached hydrogens (tertiary/aromatic N) is 5. The van der Waals surface area contributed by atoms with Gasteiger partial charge >= 0.3 is 6.03 Å². The van der Waals surface area contributed by atoms with E-state index >= 15 is 0 Å². The third-order valence-corrected chi connectivity index (χ3v) is 11.3. The largest absolute Gasteiger partial charge is 0.390 e. The lowest BCUT2D eigenvalue weighted by molar-refractivity contribution is -0.130. The van der Waals surface area contributed by atoms with Crippen LogP contribution in [0.4, 0.5) is 4.79 Å². The number of urea groups is 1. The fourth-order valence-corrected chi connectivity index (χ4v) is 8.53. The molecule has 0 saturated carbocycles. The van der Waals surface area contributed by atoms with Crippen molar-refractivity contribution >= 4 is 32.9 Å². The number of hydrogen-bond donors (Lipinski definition) is 2. The highest BCUT2D eigenvalue weighted by atomic mass is 32.2. The van der Waals surface area contributed by atoms with Gasteiger partial charge in [-0.15, -0.1) is 0 Å². The second-order valence-corrected chi connectivity index (χ2v) is 17.1. The molecule has 1 aliphatic rings. The molecule has 1 aromatic heterocycles. The number of aliphatic hydroxyl groups is 1. The van der Waals surface area contributed by atoms with Crippen molar-refractivity contribution in [2.45, 2.75) is 77.2 Å². The molecule has 1 fully saturated rings. The summed E-state index contributed by atoms with van der Waals surface area (Å²) in [6, 6.07) is 23.0. The van der Waals surface area contributed by atoms with Gasteiger partial charge in [0.05, 0.1) is 22.6 Å². The lowest BCUT2D eigenvalue weighted by Crippen LogP contribution is -2.59. The van der Waals surface area contributed by atoms with E-state index in [1.165, 1.54) is 16.4 Å². The molecule has 13 heteroatoms. The Balaban J connectivity index is 1.39.